The summed E-state index contributed by atoms with van der Waals surface area (Å²) in [6.07, 6.45) is 1.98. The molecule has 1 fully saturated rings. The number of hydrogen-bond acceptors (Lipinski definition) is 3. The fraction of sp³-hybridized carbons (Fsp3) is 0.889. The number of rotatable bonds is 3. The minimum Gasteiger partial charge on any atom is -0.453 e. The number of methoxy groups -OCH3 is 1. The molecule has 1 heterocycles. The van der Waals surface area contributed by atoms with Crippen LogP contribution in [0, 0.1) is 5.92 Å². The highest BCUT2D eigenvalue weighted by molar-refractivity contribution is 5.66. The molecule has 1 aliphatic rings. The summed E-state index contributed by atoms with van der Waals surface area (Å²) >= 11 is 0. The average molecular weight is 187 g/mol. The summed E-state index contributed by atoms with van der Waals surface area (Å²) in [5, 5.41) is 2.70. The monoisotopic (exact) mass is 187 g/mol. The molecule has 0 bridgehead atoms. The lowest BCUT2D eigenvalue weighted by Gasteiger charge is -2.16. The van der Waals surface area contributed by atoms with E-state index in [2.05, 4.69) is 17.0 Å². The maximum absolute atomic E-state index is 10.8. The zero-order valence-electron chi connectivity index (χ0n) is 8.21. The smallest absolute Gasteiger partial charge is 0.406 e. The third-order valence-electron chi connectivity index (χ3n) is 2.44. The van der Waals surface area contributed by atoms with Crippen molar-refractivity contribution < 1.29 is 14.3 Å². The van der Waals surface area contributed by atoms with Crippen molar-refractivity contribution in [3.63, 3.8) is 0 Å². The zero-order chi connectivity index (χ0) is 9.68. The molecule has 1 rings (SSSR count). The molecular formula is C9H17NO3. The molecule has 4 nitrogen and oxygen atoms in total. The molecule has 1 N–H and O–H groups in total. The van der Waals surface area contributed by atoms with Crippen LogP contribution in [-0.4, -0.2) is 32.5 Å². The van der Waals surface area contributed by atoms with Crippen molar-refractivity contribution in [3.8, 4) is 0 Å². The number of carbonyl (C=O) groups is 1. The van der Waals surface area contributed by atoms with Gasteiger partial charge in [0, 0.05) is 19.1 Å². The minimum absolute atomic E-state index is 0.303. The second kappa shape index (κ2) is 5.07. The number of nitrogens with one attached hydrogen (secondary N) is 1. The summed E-state index contributed by atoms with van der Waals surface area (Å²) in [5.74, 6) is 0.448. The van der Waals surface area contributed by atoms with E-state index >= 15 is 0 Å². The quantitative estimate of drug-likeness (QED) is 0.721. The standard InChI is InChI=1S/C9H17NO3/c1-3-8-7(4-5-13-8)6-10-9(11)12-2/h7-8H,3-6H2,1-2H3,(H,10,11). The van der Waals surface area contributed by atoms with Gasteiger partial charge in [-0.15, -0.1) is 0 Å². The normalized spacial score (nSPS) is 27.2. The lowest BCUT2D eigenvalue weighted by molar-refractivity contribution is 0.0866. The van der Waals surface area contributed by atoms with Crippen LogP contribution in [0.4, 0.5) is 4.79 Å². The van der Waals surface area contributed by atoms with Crippen LogP contribution in [0.2, 0.25) is 0 Å². The molecule has 0 saturated carbocycles. The van der Waals surface area contributed by atoms with Gasteiger partial charge in [0.1, 0.15) is 0 Å². The van der Waals surface area contributed by atoms with Crippen LogP contribution < -0.4 is 5.32 Å². The Kier molecular flexibility index (Phi) is 4.02. The maximum atomic E-state index is 10.8. The Morgan fingerprint density at radius 3 is 3.08 bits per heavy atom. The highest BCUT2D eigenvalue weighted by Crippen LogP contribution is 2.22. The Morgan fingerprint density at radius 2 is 2.46 bits per heavy atom. The number of amides is 1. The van der Waals surface area contributed by atoms with Crippen molar-refractivity contribution in [1.29, 1.82) is 0 Å². The first-order chi connectivity index (χ1) is 6.27. The van der Waals surface area contributed by atoms with Gasteiger partial charge in [-0.25, -0.2) is 4.79 Å². The third-order valence-corrected chi connectivity index (χ3v) is 2.44. The predicted molar refractivity (Wildman–Crippen MR) is 48.5 cm³/mol. The van der Waals surface area contributed by atoms with E-state index < -0.39 is 0 Å². The Bertz CT molecular complexity index is 172. The molecule has 0 aliphatic carbocycles. The van der Waals surface area contributed by atoms with E-state index in [1.165, 1.54) is 7.11 Å². The van der Waals surface area contributed by atoms with Crippen LogP contribution in [0.3, 0.4) is 0 Å². The Balaban J connectivity index is 2.23. The molecule has 0 aromatic carbocycles. The van der Waals surface area contributed by atoms with E-state index in [9.17, 15) is 4.79 Å². The second-order valence-corrected chi connectivity index (χ2v) is 3.24. The molecule has 1 amide bonds. The van der Waals surface area contributed by atoms with Crippen LogP contribution >= 0.6 is 0 Å². The highest BCUT2D eigenvalue weighted by atomic mass is 16.5. The van der Waals surface area contributed by atoms with Crippen molar-refractivity contribution in [2.45, 2.75) is 25.9 Å². The number of ether oxygens (including phenoxy) is 2. The van der Waals surface area contributed by atoms with Crippen molar-refractivity contribution >= 4 is 6.09 Å². The average Bonchev–Trinajstić information content (AvgIpc) is 2.61. The van der Waals surface area contributed by atoms with Gasteiger partial charge in [0.05, 0.1) is 13.2 Å². The fourth-order valence-corrected chi connectivity index (χ4v) is 1.66. The van der Waals surface area contributed by atoms with E-state index in [1.807, 2.05) is 0 Å². The lowest BCUT2D eigenvalue weighted by atomic mass is 10.00. The number of carbonyl (C=O) groups excluding carboxylic acids is 1. The van der Waals surface area contributed by atoms with Gasteiger partial charge in [-0.2, -0.15) is 0 Å². The summed E-state index contributed by atoms with van der Waals surface area (Å²) in [6.45, 7) is 3.57. The molecular weight excluding hydrogens is 170 g/mol. The maximum Gasteiger partial charge on any atom is 0.406 e. The molecule has 0 spiro atoms. The van der Waals surface area contributed by atoms with Crippen LogP contribution in [0.25, 0.3) is 0 Å². The van der Waals surface area contributed by atoms with Gasteiger partial charge in [0.25, 0.3) is 0 Å². The molecule has 1 aliphatic heterocycles. The summed E-state index contributed by atoms with van der Waals surface area (Å²) < 4.78 is 9.98. The first-order valence-electron chi connectivity index (χ1n) is 4.71. The molecule has 0 aromatic heterocycles. The van der Waals surface area contributed by atoms with Crippen molar-refractivity contribution in [2.75, 3.05) is 20.3 Å². The molecule has 2 atom stereocenters. The molecule has 76 valence electrons. The minimum atomic E-state index is -0.359. The summed E-state index contributed by atoms with van der Waals surface area (Å²) in [6, 6.07) is 0. The van der Waals surface area contributed by atoms with Crippen LogP contribution in [0.1, 0.15) is 19.8 Å². The van der Waals surface area contributed by atoms with Crippen LogP contribution in [0.5, 0.6) is 0 Å². The van der Waals surface area contributed by atoms with Gasteiger partial charge in [-0.3, -0.25) is 0 Å². The second-order valence-electron chi connectivity index (χ2n) is 3.24. The molecule has 0 radical (unpaired) electrons. The van der Waals surface area contributed by atoms with Crippen molar-refractivity contribution in [2.24, 2.45) is 5.92 Å². The first kappa shape index (κ1) is 10.3. The predicted octanol–water partition coefficient (Wildman–Crippen LogP) is 1.16. The van der Waals surface area contributed by atoms with Crippen molar-refractivity contribution in [3.05, 3.63) is 0 Å². The van der Waals surface area contributed by atoms with E-state index in [1.54, 1.807) is 0 Å². The fourth-order valence-electron chi connectivity index (χ4n) is 1.66. The van der Waals surface area contributed by atoms with E-state index in [4.69, 9.17) is 4.74 Å². The Hall–Kier alpha value is -0.770. The molecule has 13 heavy (non-hydrogen) atoms. The Morgan fingerprint density at radius 1 is 1.69 bits per heavy atom. The van der Waals surface area contributed by atoms with E-state index in [-0.39, 0.29) is 6.09 Å². The molecule has 4 heteroatoms. The lowest BCUT2D eigenvalue weighted by Crippen LogP contribution is -2.32. The third kappa shape index (κ3) is 2.88. The van der Waals surface area contributed by atoms with Gasteiger partial charge in [-0.1, -0.05) is 6.92 Å². The van der Waals surface area contributed by atoms with Crippen molar-refractivity contribution in [1.82, 2.24) is 5.32 Å². The van der Waals surface area contributed by atoms with E-state index in [0.717, 1.165) is 19.4 Å². The summed E-state index contributed by atoms with van der Waals surface area (Å²) in [5.41, 5.74) is 0. The van der Waals surface area contributed by atoms with Gasteiger partial charge in [-0.05, 0) is 12.8 Å². The SMILES string of the molecule is CCC1OCCC1CNC(=O)OC. The van der Waals surface area contributed by atoms with Crippen LogP contribution in [0.15, 0.2) is 0 Å². The van der Waals surface area contributed by atoms with Gasteiger partial charge in [0.2, 0.25) is 0 Å². The molecule has 2 unspecified atom stereocenters. The topological polar surface area (TPSA) is 47.6 Å². The summed E-state index contributed by atoms with van der Waals surface area (Å²) in [7, 11) is 1.37. The van der Waals surface area contributed by atoms with Gasteiger partial charge < -0.3 is 14.8 Å². The van der Waals surface area contributed by atoms with Crippen LogP contribution in [-0.2, 0) is 9.47 Å². The highest BCUT2D eigenvalue weighted by Gasteiger charge is 2.26. The zero-order valence-corrected chi connectivity index (χ0v) is 8.21. The first-order valence-corrected chi connectivity index (χ1v) is 4.71. The van der Waals surface area contributed by atoms with E-state index in [0.29, 0.717) is 18.6 Å². The largest absolute Gasteiger partial charge is 0.453 e. The molecule has 0 aromatic rings. The Labute approximate surface area is 78.6 Å². The summed E-state index contributed by atoms with van der Waals surface area (Å²) in [4.78, 5) is 10.8. The number of alkyl carbamates (subject to hydrolysis) is 1. The molecule has 1 saturated heterocycles. The number of hydrogen-bond donors (Lipinski definition) is 1. The van der Waals surface area contributed by atoms with Gasteiger partial charge in [0.15, 0.2) is 0 Å². The van der Waals surface area contributed by atoms with Gasteiger partial charge >= 0.3 is 6.09 Å².